The van der Waals surface area contributed by atoms with Crippen LogP contribution in [0.2, 0.25) is 0 Å². The minimum absolute atomic E-state index is 0.0369. The first-order valence-corrected chi connectivity index (χ1v) is 14.8. The highest BCUT2D eigenvalue weighted by atomic mass is 16.6. The Balaban J connectivity index is -0.000000516. The second-order valence-corrected chi connectivity index (χ2v) is 9.98. The third-order valence-electron chi connectivity index (χ3n) is 4.60. The molecule has 39 heavy (non-hydrogen) atoms. The summed E-state index contributed by atoms with van der Waals surface area (Å²) in [6.45, 7) is 24.5. The predicted octanol–water partition coefficient (Wildman–Crippen LogP) is 5.56. The zero-order valence-electron chi connectivity index (χ0n) is 27.6. The maximum atomic E-state index is 5.70. The Bertz CT molecular complexity index is 409. The zero-order valence-corrected chi connectivity index (χ0v) is 27.6. The van der Waals surface area contributed by atoms with Crippen molar-refractivity contribution in [2.75, 3.05) is 80.8 Å². The maximum absolute atomic E-state index is 5.70. The largest absolute Gasteiger partial charge is 0.382 e. The Hall–Kier alpha value is -0.360. The SMILES string of the molecule is CC(C)OCC(COC(C)C)OC(C)C.CCCOCC(COCCC)OCCC.COCC(COC)OC. The molecule has 0 aromatic carbocycles. The first-order chi connectivity index (χ1) is 18.6. The van der Waals surface area contributed by atoms with Crippen LogP contribution >= 0.6 is 0 Å². The molecule has 0 saturated carbocycles. The highest BCUT2D eigenvalue weighted by Gasteiger charge is 2.13. The van der Waals surface area contributed by atoms with Gasteiger partial charge < -0.3 is 42.6 Å². The molecule has 0 amide bonds. The lowest BCUT2D eigenvalue weighted by atomic mass is 10.3. The lowest BCUT2D eigenvalue weighted by Crippen LogP contribution is -2.30. The molecular weight excluding hydrogens is 504 g/mol. The van der Waals surface area contributed by atoms with Crippen molar-refractivity contribution in [2.24, 2.45) is 0 Å². The molecule has 0 aliphatic heterocycles. The van der Waals surface area contributed by atoms with E-state index in [1.807, 2.05) is 41.5 Å². The van der Waals surface area contributed by atoms with Gasteiger partial charge in [-0.25, -0.2) is 0 Å². The highest BCUT2D eigenvalue weighted by molar-refractivity contribution is 4.59. The zero-order chi connectivity index (χ0) is 30.3. The summed E-state index contributed by atoms with van der Waals surface area (Å²) in [6.07, 6.45) is 4.04. The molecule has 0 bridgehead atoms. The van der Waals surface area contributed by atoms with Gasteiger partial charge in [-0.1, -0.05) is 20.8 Å². The van der Waals surface area contributed by atoms with E-state index in [0.717, 1.165) is 39.1 Å². The number of ether oxygens (including phenoxy) is 9. The first kappa shape index (κ1) is 43.1. The van der Waals surface area contributed by atoms with Crippen LogP contribution in [0.4, 0.5) is 0 Å². The molecule has 0 heterocycles. The molecule has 0 saturated heterocycles. The van der Waals surface area contributed by atoms with Crippen molar-refractivity contribution >= 4 is 0 Å². The Morgan fingerprint density at radius 1 is 0.436 bits per heavy atom. The lowest BCUT2D eigenvalue weighted by molar-refractivity contribution is -0.0992. The third kappa shape index (κ3) is 37.6. The van der Waals surface area contributed by atoms with E-state index in [9.17, 15) is 0 Å². The molecule has 0 aromatic rings. The minimum atomic E-state index is 0.0369. The van der Waals surface area contributed by atoms with Gasteiger partial charge in [-0.3, -0.25) is 0 Å². The molecule has 9 heteroatoms. The topological polar surface area (TPSA) is 83.1 Å². The molecule has 0 radical (unpaired) electrons. The lowest BCUT2D eigenvalue weighted by Gasteiger charge is -2.22. The van der Waals surface area contributed by atoms with E-state index in [1.165, 1.54) is 0 Å². The van der Waals surface area contributed by atoms with Gasteiger partial charge in [0.1, 0.15) is 18.3 Å². The molecule has 240 valence electrons. The van der Waals surface area contributed by atoms with Gasteiger partial charge in [0.25, 0.3) is 0 Å². The normalized spacial score (nSPS) is 11.5. The summed E-state index contributed by atoms with van der Waals surface area (Å²) in [6, 6.07) is 0. The number of rotatable bonds is 24. The van der Waals surface area contributed by atoms with Crippen LogP contribution in [0.15, 0.2) is 0 Å². The molecule has 0 aliphatic carbocycles. The summed E-state index contributed by atoms with van der Waals surface area (Å²) in [5.41, 5.74) is 0. The Labute approximate surface area is 241 Å². The third-order valence-corrected chi connectivity index (χ3v) is 4.60. The van der Waals surface area contributed by atoms with Gasteiger partial charge in [0, 0.05) is 41.2 Å². The van der Waals surface area contributed by atoms with Gasteiger partial charge >= 0.3 is 0 Å². The van der Waals surface area contributed by atoms with E-state index in [-0.39, 0.29) is 36.6 Å². The summed E-state index contributed by atoms with van der Waals surface area (Å²) in [5.74, 6) is 0. The highest BCUT2D eigenvalue weighted by Crippen LogP contribution is 2.04. The molecule has 0 fully saturated rings. The van der Waals surface area contributed by atoms with Crippen molar-refractivity contribution in [3.63, 3.8) is 0 Å². The van der Waals surface area contributed by atoms with Crippen LogP contribution in [0.5, 0.6) is 0 Å². The van der Waals surface area contributed by atoms with Gasteiger partial charge in [-0.15, -0.1) is 0 Å². The Kier molecular flexibility index (Phi) is 37.4. The second kappa shape index (κ2) is 33.8. The van der Waals surface area contributed by atoms with Crippen LogP contribution in [-0.4, -0.2) is 117 Å². The van der Waals surface area contributed by atoms with Crippen LogP contribution < -0.4 is 0 Å². The number of hydrogen-bond donors (Lipinski definition) is 0. The summed E-state index contributed by atoms with van der Waals surface area (Å²) < 4.78 is 48.0. The molecule has 0 rings (SSSR count). The predicted molar refractivity (Wildman–Crippen MR) is 159 cm³/mol. The average molecular weight is 571 g/mol. The number of hydrogen-bond acceptors (Lipinski definition) is 9. The van der Waals surface area contributed by atoms with E-state index in [0.29, 0.717) is 39.6 Å². The van der Waals surface area contributed by atoms with E-state index in [2.05, 4.69) is 20.8 Å². The van der Waals surface area contributed by atoms with Crippen molar-refractivity contribution in [3.05, 3.63) is 0 Å². The smallest absolute Gasteiger partial charge is 0.104 e. The molecule has 0 spiro atoms. The molecule has 9 nitrogen and oxygen atoms in total. The summed E-state index contributed by atoms with van der Waals surface area (Å²) in [5, 5.41) is 0. The molecule has 0 atom stereocenters. The van der Waals surface area contributed by atoms with Gasteiger partial charge in [-0.05, 0) is 60.8 Å². The van der Waals surface area contributed by atoms with Crippen LogP contribution in [0.25, 0.3) is 0 Å². The minimum Gasteiger partial charge on any atom is -0.382 e. The van der Waals surface area contributed by atoms with Crippen molar-refractivity contribution < 1.29 is 42.6 Å². The molecule has 0 aromatic heterocycles. The maximum Gasteiger partial charge on any atom is 0.104 e. The molecule has 0 unspecified atom stereocenters. The molecule has 0 aliphatic rings. The number of methoxy groups -OCH3 is 3. The fourth-order valence-electron chi connectivity index (χ4n) is 2.81. The van der Waals surface area contributed by atoms with E-state index in [1.54, 1.807) is 21.3 Å². The Morgan fingerprint density at radius 3 is 1.18 bits per heavy atom. The van der Waals surface area contributed by atoms with E-state index >= 15 is 0 Å². The van der Waals surface area contributed by atoms with E-state index < -0.39 is 0 Å². The van der Waals surface area contributed by atoms with Gasteiger partial charge in [0.2, 0.25) is 0 Å². The van der Waals surface area contributed by atoms with Crippen LogP contribution in [0, 0.1) is 0 Å². The molecular formula is C30H66O9. The van der Waals surface area contributed by atoms with Gasteiger partial charge in [-0.2, -0.15) is 0 Å². The van der Waals surface area contributed by atoms with Crippen LogP contribution in [0.1, 0.15) is 81.6 Å². The summed E-state index contributed by atoms with van der Waals surface area (Å²) in [4.78, 5) is 0. The van der Waals surface area contributed by atoms with Crippen molar-refractivity contribution in [2.45, 2.75) is 118 Å². The van der Waals surface area contributed by atoms with Gasteiger partial charge in [0.05, 0.1) is 58.0 Å². The fraction of sp³-hybridized carbons (Fsp3) is 1.00. The summed E-state index contributed by atoms with van der Waals surface area (Å²) in [7, 11) is 4.92. The Morgan fingerprint density at radius 2 is 0.872 bits per heavy atom. The monoisotopic (exact) mass is 570 g/mol. The van der Waals surface area contributed by atoms with Crippen LogP contribution in [0.3, 0.4) is 0 Å². The fourth-order valence-corrected chi connectivity index (χ4v) is 2.81. The quantitative estimate of drug-likeness (QED) is 0.139. The standard InChI is InChI=1S/2C12H26O3.C6H14O3/c1-9(2)13-7-12(15-11(5)6)8-14-10(3)4;1-4-7-13-10-12(15-9-6-3)11-14-8-5-2;1-7-4-6(9-3)5-8-2/h9-12H,7-8H2,1-6H3;12H,4-11H2,1-3H3;6H,4-5H2,1-3H3. The van der Waals surface area contributed by atoms with Crippen molar-refractivity contribution in [1.29, 1.82) is 0 Å². The van der Waals surface area contributed by atoms with E-state index in [4.69, 9.17) is 42.6 Å². The second-order valence-electron chi connectivity index (χ2n) is 9.98. The van der Waals surface area contributed by atoms with Crippen molar-refractivity contribution in [1.82, 2.24) is 0 Å². The first-order valence-electron chi connectivity index (χ1n) is 14.8. The average Bonchev–Trinajstić information content (AvgIpc) is 2.89. The van der Waals surface area contributed by atoms with Gasteiger partial charge in [0.15, 0.2) is 0 Å². The van der Waals surface area contributed by atoms with Crippen LogP contribution in [-0.2, 0) is 42.6 Å². The van der Waals surface area contributed by atoms with Crippen molar-refractivity contribution in [3.8, 4) is 0 Å². The summed E-state index contributed by atoms with van der Waals surface area (Å²) >= 11 is 0. The molecule has 0 N–H and O–H groups in total.